The van der Waals surface area contributed by atoms with Gasteiger partial charge in [0.15, 0.2) is 0 Å². The van der Waals surface area contributed by atoms with E-state index in [9.17, 15) is 16.8 Å². The molecule has 7 nitrogen and oxygen atoms in total. The molecule has 0 aromatic heterocycles. The van der Waals surface area contributed by atoms with Crippen LogP contribution >= 0.6 is 0 Å². The molecular formula is C12H21N3O4S2. The third kappa shape index (κ3) is 6.10. The summed E-state index contributed by atoms with van der Waals surface area (Å²) in [7, 11) is -6.85. The highest BCUT2D eigenvalue weighted by atomic mass is 32.2. The van der Waals surface area contributed by atoms with E-state index in [1.807, 2.05) is 0 Å². The molecule has 0 amide bonds. The van der Waals surface area contributed by atoms with Gasteiger partial charge >= 0.3 is 0 Å². The number of rotatable bonds is 8. The molecule has 0 heterocycles. The average Bonchev–Trinajstić information content (AvgIpc) is 2.36. The number of hydrogen-bond donors (Lipinski definition) is 3. The minimum atomic E-state index is -3.60. The highest BCUT2D eigenvalue weighted by Crippen LogP contribution is 2.16. The molecule has 0 aliphatic carbocycles. The van der Waals surface area contributed by atoms with Crippen molar-refractivity contribution in [2.75, 3.05) is 19.3 Å². The topological polar surface area (TPSA) is 118 Å². The summed E-state index contributed by atoms with van der Waals surface area (Å²) in [6.45, 7) is 2.40. The predicted molar refractivity (Wildman–Crippen MR) is 81.7 cm³/mol. The van der Waals surface area contributed by atoms with Crippen molar-refractivity contribution in [3.05, 3.63) is 29.3 Å². The fraction of sp³-hybridized carbons (Fsp3) is 0.500. The molecule has 1 aromatic rings. The second-order valence-corrected chi connectivity index (χ2v) is 8.29. The normalized spacial score (nSPS) is 12.5. The monoisotopic (exact) mass is 335 g/mol. The van der Waals surface area contributed by atoms with E-state index < -0.39 is 20.0 Å². The Morgan fingerprint density at radius 2 is 1.71 bits per heavy atom. The zero-order valence-electron chi connectivity index (χ0n) is 12.1. The molecule has 0 atom stereocenters. The van der Waals surface area contributed by atoms with Gasteiger partial charge in [0, 0.05) is 19.6 Å². The van der Waals surface area contributed by atoms with Gasteiger partial charge in [-0.2, -0.15) is 0 Å². The molecule has 9 heteroatoms. The smallest absolute Gasteiger partial charge is 0.240 e. The lowest BCUT2D eigenvalue weighted by atomic mass is 10.1. The fourth-order valence-electron chi connectivity index (χ4n) is 1.77. The van der Waals surface area contributed by atoms with Crippen molar-refractivity contribution in [3.8, 4) is 0 Å². The largest absolute Gasteiger partial charge is 0.326 e. The number of nitrogens with one attached hydrogen (secondary N) is 2. The summed E-state index contributed by atoms with van der Waals surface area (Å²) < 4.78 is 50.7. The van der Waals surface area contributed by atoms with Gasteiger partial charge in [-0.25, -0.2) is 26.3 Å². The molecule has 120 valence electrons. The van der Waals surface area contributed by atoms with Crippen molar-refractivity contribution in [1.82, 2.24) is 9.44 Å². The zero-order valence-corrected chi connectivity index (χ0v) is 13.7. The van der Waals surface area contributed by atoms with Crippen LogP contribution < -0.4 is 15.2 Å². The number of nitrogens with two attached hydrogens (primary N) is 1. The second kappa shape index (κ2) is 7.32. The second-order valence-electron chi connectivity index (χ2n) is 4.72. The Hall–Kier alpha value is -1.00. The van der Waals surface area contributed by atoms with Crippen LogP contribution in [0.25, 0.3) is 0 Å². The first-order chi connectivity index (χ1) is 9.65. The van der Waals surface area contributed by atoms with E-state index in [0.29, 0.717) is 18.5 Å². The number of aryl methyl sites for hydroxylation is 1. The molecule has 0 radical (unpaired) electrons. The first kappa shape index (κ1) is 18.1. The third-order valence-corrected chi connectivity index (χ3v) is 5.12. The molecule has 0 saturated heterocycles. The molecule has 21 heavy (non-hydrogen) atoms. The lowest BCUT2D eigenvalue weighted by Crippen LogP contribution is -2.29. The quantitative estimate of drug-likeness (QED) is 0.562. The Morgan fingerprint density at radius 1 is 1.10 bits per heavy atom. The summed E-state index contributed by atoms with van der Waals surface area (Å²) in [6, 6.07) is 4.93. The summed E-state index contributed by atoms with van der Waals surface area (Å²) in [4.78, 5) is 0.204. The Morgan fingerprint density at radius 3 is 2.24 bits per heavy atom. The van der Waals surface area contributed by atoms with Gasteiger partial charge in [-0.3, -0.25) is 0 Å². The van der Waals surface area contributed by atoms with Gasteiger partial charge in [-0.1, -0.05) is 12.1 Å². The van der Waals surface area contributed by atoms with Crippen LogP contribution in [0.5, 0.6) is 0 Å². The van der Waals surface area contributed by atoms with Crippen molar-refractivity contribution >= 4 is 20.0 Å². The summed E-state index contributed by atoms with van der Waals surface area (Å²) in [5.74, 6) is 0. The molecule has 0 spiro atoms. The van der Waals surface area contributed by atoms with Crippen LogP contribution in [0.1, 0.15) is 17.5 Å². The minimum Gasteiger partial charge on any atom is -0.326 e. The summed E-state index contributed by atoms with van der Waals surface area (Å²) in [5, 5.41) is 0. The molecule has 0 aliphatic heterocycles. The van der Waals surface area contributed by atoms with Crippen LogP contribution in [-0.4, -0.2) is 36.2 Å². The number of sulfonamides is 2. The van der Waals surface area contributed by atoms with Crippen molar-refractivity contribution < 1.29 is 16.8 Å². The molecule has 0 aliphatic rings. The van der Waals surface area contributed by atoms with Crippen LogP contribution in [0.15, 0.2) is 23.1 Å². The Bertz CT molecular complexity index is 684. The first-order valence-corrected chi connectivity index (χ1v) is 9.77. The lowest BCUT2D eigenvalue weighted by Gasteiger charge is -2.10. The van der Waals surface area contributed by atoms with Gasteiger partial charge in [-0.05, 0) is 30.5 Å². The van der Waals surface area contributed by atoms with Crippen LogP contribution in [0.3, 0.4) is 0 Å². The van der Waals surface area contributed by atoms with E-state index in [4.69, 9.17) is 5.73 Å². The molecule has 0 bridgehead atoms. The van der Waals surface area contributed by atoms with E-state index in [0.717, 1.165) is 11.8 Å². The van der Waals surface area contributed by atoms with Crippen LogP contribution in [-0.2, 0) is 26.6 Å². The Kier molecular flexibility index (Phi) is 6.29. The van der Waals surface area contributed by atoms with Crippen LogP contribution in [0, 0.1) is 6.92 Å². The summed E-state index contributed by atoms with van der Waals surface area (Å²) >= 11 is 0. The van der Waals surface area contributed by atoms with Crippen molar-refractivity contribution in [2.45, 2.75) is 24.8 Å². The van der Waals surface area contributed by atoms with Crippen molar-refractivity contribution in [3.63, 3.8) is 0 Å². The molecule has 0 fully saturated rings. The van der Waals surface area contributed by atoms with Gasteiger partial charge in [0.1, 0.15) is 0 Å². The molecule has 4 N–H and O–H groups in total. The van der Waals surface area contributed by atoms with E-state index >= 15 is 0 Å². The van der Waals surface area contributed by atoms with Crippen LogP contribution in [0.2, 0.25) is 0 Å². The number of benzene rings is 1. The maximum Gasteiger partial charge on any atom is 0.240 e. The van der Waals surface area contributed by atoms with E-state index in [1.54, 1.807) is 19.1 Å². The van der Waals surface area contributed by atoms with E-state index in [2.05, 4.69) is 9.44 Å². The fourth-order valence-corrected chi connectivity index (χ4v) is 3.58. The Labute approximate surface area is 126 Å². The van der Waals surface area contributed by atoms with Crippen molar-refractivity contribution in [2.24, 2.45) is 5.73 Å². The van der Waals surface area contributed by atoms with E-state index in [1.165, 1.54) is 6.07 Å². The summed E-state index contributed by atoms with van der Waals surface area (Å²) in [5.41, 5.74) is 6.99. The predicted octanol–water partition coefficient (Wildman–Crippen LogP) is -0.329. The average molecular weight is 335 g/mol. The van der Waals surface area contributed by atoms with Gasteiger partial charge in [0.2, 0.25) is 20.0 Å². The summed E-state index contributed by atoms with van der Waals surface area (Å²) in [6.07, 6.45) is 1.42. The molecule has 0 unspecified atom stereocenters. The van der Waals surface area contributed by atoms with Crippen molar-refractivity contribution in [1.29, 1.82) is 0 Å². The first-order valence-electron chi connectivity index (χ1n) is 6.39. The standard InChI is InChI=1S/C12H21N3O4S2/c1-10-8-11(9-13)4-5-12(10)21(18,19)15-7-3-6-14-20(2,16)17/h4-5,8,14-15H,3,6-7,9,13H2,1-2H3. The highest BCUT2D eigenvalue weighted by molar-refractivity contribution is 7.89. The van der Waals surface area contributed by atoms with Gasteiger partial charge in [0.25, 0.3) is 0 Å². The third-order valence-electron chi connectivity index (χ3n) is 2.77. The SMILES string of the molecule is Cc1cc(CN)ccc1S(=O)(=O)NCCCNS(C)(=O)=O. The lowest BCUT2D eigenvalue weighted by molar-refractivity contribution is 0.574. The molecular weight excluding hydrogens is 314 g/mol. The molecule has 0 saturated carbocycles. The minimum absolute atomic E-state index is 0.156. The maximum atomic E-state index is 12.1. The number of hydrogen-bond acceptors (Lipinski definition) is 5. The van der Waals surface area contributed by atoms with Crippen LogP contribution in [0.4, 0.5) is 0 Å². The Balaban J connectivity index is 2.62. The molecule has 1 aromatic carbocycles. The van der Waals surface area contributed by atoms with E-state index in [-0.39, 0.29) is 18.0 Å². The van der Waals surface area contributed by atoms with Gasteiger partial charge in [-0.15, -0.1) is 0 Å². The maximum absolute atomic E-state index is 12.1. The highest BCUT2D eigenvalue weighted by Gasteiger charge is 2.16. The van der Waals surface area contributed by atoms with Gasteiger partial charge < -0.3 is 5.73 Å². The zero-order chi connectivity index (χ0) is 16.1. The van der Waals surface area contributed by atoms with Gasteiger partial charge in [0.05, 0.1) is 11.2 Å². The molecule has 1 rings (SSSR count).